The topological polar surface area (TPSA) is 25.2 Å². The molecule has 17 heavy (non-hydrogen) atoms. The minimum Gasteiger partial charge on any atom is -0.343 e. The summed E-state index contributed by atoms with van der Waals surface area (Å²) in [5.74, 6) is 0.902. The van der Waals surface area contributed by atoms with E-state index in [0.29, 0.717) is 0 Å². The SMILES string of the molecule is CCN(CC1CC1)C(=O)c1cc(Br)cn1CC. The van der Waals surface area contributed by atoms with Crippen LogP contribution in [0.4, 0.5) is 0 Å². The number of rotatable bonds is 5. The van der Waals surface area contributed by atoms with Crippen molar-refractivity contribution in [3.05, 3.63) is 22.4 Å². The Labute approximate surface area is 111 Å². The van der Waals surface area contributed by atoms with Crippen LogP contribution in [-0.4, -0.2) is 28.5 Å². The van der Waals surface area contributed by atoms with Gasteiger partial charge >= 0.3 is 0 Å². The molecule has 1 aliphatic carbocycles. The fourth-order valence-corrected chi connectivity index (χ4v) is 2.51. The number of hydrogen-bond acceptors (Lipinski definition) is 1. The Morgan fingerprint density at radius 3 is 2.76 bits per heavy atom. The second-order valence-electron chi connectivity index (χ2n) is 4.62. The molecule has 1 saturated carbocycles. The number of carbonyl (C=O) groups excluding carboxylic acids is 1. The molecule has 1 aliphatic rings. The van der Waals surface area contributed by atoms with Crippen LogP contribution in [0.1, 0.15) is 37.2 Å². The second-order valence-corrected chi connectivity index (χ2v) is 5.53. The third kappa shape index (κ3) is 2.92. The molecule has 0 bridgehead atoms. The molecule has 1 aromatic heterocycles. The van der Waals surface area contributed by atoms with Crippen molar-refractivity contribution in [2.75, 3.05) is 13.1 Å². The van der Waals surface area contributed by atoms with E-state index in [-0.39, 0.29) is 5.91 Å². The van der Waals surface area contributed by atoms with Gasteiger partial charge in [-0.1, -0.05) is 0 Å². The largest absolute Gasteiger partial charge is 0.343 e. The molecule has 0 unspecified atom stereocenters. The zero-order valence-corrected chi connectivity index (χ0v) is 12.0. The maximum Gasteiger partial charge on any atom is 0.270 e. The third-order valence-corrected chi connectivity index (χ3v) is 3.70. The van der Waals surface area contributed by atoms with Crippen LogP contribution in [-0.2, 0) is 6.54 Å². The summed E-state index contributed by atoms with van der Waals surface area (Å²) in [5.41, 5.74) is 0.793. The summed E-state index contributed by atoms with van der Waals surface area (Å²) >= 11 is 3.43. The van der Waals surface area contributed by atoms with Crippen molar-refractivity contribution in [2.45, 2.75) is 33.2 Å². The van der Waals surface area contributed by atoms with E-state index in [4.69, 9.17) is 0 Å². The first kappa shape index (κ1) is 12.7. The summed E-state index contributed by atoms with van der Waals surface area (Å²) in [4.78, 5) is 14.4. The number of aryl methyl sites for hydroxylation is 1. The maximum atomic E-state index is 12.4. The number of hydrogen-bond donors (Lipinski definition) is 0. The van der Waals surface area contributed by atoms with Gasteiger partial charge in [-0.3, -0.25) is 4.79 Å². The molecular weight excluding hydrogens is 280 g/mol. The Kier molecular flexibility index (Phi) is 3.92. The highest BCUT2D eigenvalue weighted by molar-refractivity contribution is 9.10. The predicted molar refractivity (Wildman–Crippen MR) is 72.1 cm³/mol. The number of carbonyl (C=O) groups is 1. The fourth-order valence-electron chi connectivity index (χ4n) is 2.05. The minimum atomic E-state index is 0.159. The van der Waals surface area contributed by atoms with Crippen molar-refractivity contribution >= 4 is 21.8 Å². The number of halogens is 1. The van der Waals surface area contributed by atoms with E-state index in [0.717, 1.165) is 35.7 Å². The van der Waals surface area contributed by atoms with Gasteiger partial charge in [0.05, 0.1) is 0 Å². The molecule has 1 amide bonds. The highest BCUT2D eigenvalue weighted by Crippen LogP contribution is 2.30. The molecule has 0 aromatic carbocycles. The third-order valence-electron chi connectivity index (χ3n) is 3.27. The molecule has 94 valence electrons. The van der Waals surface area contributed by atoms with Crippen molar-refractivity contribution in [2.24, 2.45) is 5.92 Å². The lowest BCUT2D eigenvalue weighted by Crippen LogP contribution is -2.34. The molecule has 1 heterocycles. The van der Waals surface area contributed by atoms with Gasteiger partial charge in [0.15, 0.2) is 0 Å². The van der Waals surface area contributed by atoms with Crippen molar-refractivity contribution in [3.63, 3.8) is 0 Å². The smallest absolute Gasteiger partial charge is 0.270 e. The molecule has 4 heteroatoms. The van der Waals surface area contributed by atoms with E-state index in [1.165, 1.54) is 12.8 Å². The van der Waals surface area contributed by atoms with E-state index >= 15 is 0 Å². The number of amides is 1. The van der Waals surface area contributed by atoms with E-state index in [1.807, 2.05) is 21.7 Å². The Balaban J connectivity index is 2.15. The molecule has 0 atom stereocenters. The van der Waals surface area contributed by atoms with Crippen LogP contribution in [0.2, 0.25) is 0 Å². The first-order chi connectivity index (χ1) is 8.15. The van der Waals surface area contributed by atoms with Gasteiger partial charge in [-0.05, 0) is 54.6 Å². The lowest BCUT2D eigenvalue weighted by molar-refractivity contribution is 0.0746. The van der Waals surface area contributed by atoms with Crippen LogP contribution in [0.3, 0.4) is 0 Å². The molecule has 0 radical (unpaired) electrons. The van der Waals surface area contributed by atoms with E-state index in [9.17, 15) is 4.79 Å². The lowest BCUT2D eigenvalue weighted by atomic mass is 10.3. The first-order valence-electron chi connectivity index (χ1n) is 6.30. The average molecular weight is 299 g/mol. The molecular formula is C13H19BrN2O. The summed E-state index contributed by atoms with van der Waals surface area (Å²) in [6, 6.07) is 1.92. The molecule has 3 nitrogen and oxygen atoms in total. The van der Waals surface area contributed by atoms with Gasteiger partial charge in [-0.2, -0.15) is 0 Å². The van der Waals surface area contributed by atoms with Crippen molar-refractivity contribution in [1.82, 2.24) is 9.47 Å². The molecule has 0 aliphatic heterocycles. The summed E-state index contributed by atoms with van der Waals surface area (Å²) < 4.78 is 2.98. The first-order valence-corrected chi connectivity index (χ1v) is 7.10. The average Bonchev–Trinajstić information content (AvgIpc) is 3.06. The van der Waals surface area contributed by atoms with Crippen LogP contribution in [0, 0.1) is 5.92 Å². The normalized spacial score (nSPS) is 15.0. The number of nitrogens with zero attached hydrogens (tertiary/aromatic N) is 2. The Hall–Kier alpha value is -0.770. The summed E-state index contributed by atoms with van der Waals surface area (Å²) in [5, 5.41) is 0. The minimum absolute atomic E-state index is 0.159. The Morgan fingerprint density at radius 1 is 1.53 bits per heavy atom. The zero-order valence-electron chi connectivity index (χ0n) is 10.4. The quantitative estimate of drug-likeness (QED) is 0.820. The van der Waals surface area contributed by atoms with Gasteiger partial charge in [0.2, 0.25) is 0 Å². The highest BCUT2D eigenvalue weighted by atomic mass is 79.9. The van der Waals surface area contributed by atoms with Crippen LogP contribution in [0.25, 0.3) is 0 Å². The standard InChI is InChI=1S/C13H19BrN2O/c1-3-15-9-11(14)7-12(15)13(17)16(4-2)8-10-5-6-10/h7,9-10H,3-6,8H2,1-2H3. The maximum absolute atomic E-state index is 12.4. The predicted octanol–water partition coefficient (Wildman–Crippen LogP) is 3.14. The van der Waals surface area contributed by atoms with Gasteiger partial charge in [-0.15, -0.1) is 0 Å². The van der Waals surface area contributed by atoms with Crippen molar-refractivity contribution in [1.29, 1.82) is 0 Å². The van der Waals surface area contributed by atoms with Crippen LogP contribution in [0.5, 0.6) is 0 Å². The Morgan fingerprint density at radius 2 is 2.24 bits per heavy atom. The van der Waals surface area contributed by atoms with E-state index < -0.39 is 0 Å². The van der Waals surface area contributed by atoms with Crippen LogP contribution < -0.4 is 0 Å². The van der Waals surface area contributed by atoms with E-state index in [1.54, 1.807) is 0 Å². The second kappa shape index (κ2) is 5.25. The monoisotopic (exact) mass is 298 g/mol. The summed E-state index contributed by atoms with van der Waals surface area (Å²) in [6.07, 6.45) is 4.53. The lowest BCUT2D eigenvalue weighted by Gasteiger charge is -2.21. The molecule has 0 spiro atoms. The van der Waals surface area contributed by atoms with Crippen LogP contribution in [0.15, 0.2) is 16.7 Å². The molecule has 0 N–H and O–H groups in total. The van der Waals surface area contributed by atoms with Gasteiger partial charge in [0.25, 0.3) is 5.91 Å². The highest BCUT2D eigenvalue weighted by Gasteiger charge is 2.27. The molecule has 2 rings (SSSR count). The van der Waals surface area contributed by atoms with Gasteiger partial charge < -0.3 is 9.47 Å². The summed E-state index contributed by atoms with van der Waals surface area (Å²) in [6.45, 7) is 6.65. The van der Waals surface area contributed by atoms with E-state index in [2.05, 4.69) is 29.8 Å². The summed E-state index contributed by atoms with van der Waals surface area (Å²) in [7, 11) is 0. The molecule has 0 saturated heterocycles. The number of aromatic nitrogens is 1. The van der Waals surface area contributed by atoms with Crippen molar-refractivity contribution < 1.29 is 4.79 Å². The Bertz CT molecular complexity index is 410. The zero-order chi connectivity index (χ0) is 12.4. The molecule has 1 fully saturated rings. The van der Waals surface area contributed by atoms with Gasteiger partial charge in [0, 0.05) is 30.3 Å². The molecule has 1 aromatic rings. The van der Waals surface area contributed by atoms with Crippen molar-refractivity contribution in [3.8, 4) is 0 Å². The van der Waals surface area contributed by atoms with Crippen LogP contribution >= 0.6 is 15.9 Å². The fraction of sp³-hybridized carbons (Fsp3) is 0.615. The van der Waals surface area contributed by atoms with Gasteiger partial charge in [-0.25, -0.2) is 0 Å². The van der Waals surface area contributed by atoms with Gasteiger partial charge in [0.1, 0.15) is 5.69 Å².